The lowest BCUT2D eigenvalue weighted by molar-refractivity contribution is 1.18. The van der Waals surface area contributed by atoms with Gasteiger partial charge < -0.3 is 9.47 Å². The highest BCUT2D eigenvalue weighted by molar-refractivity contribution is 6.09. The predicted molar refractivity (Wildman–Crippen MR) is 237 cm³/mol. The summed E-state index contributed by atoms with van der Waals surface area (Å²) in [5.74, 6) is 0. The summed E-state index contributed by atoms with van der Waals surface area (Å²) in [6, 6.07) is 83.0. The van der Waals surface area contributed by atoms with E-state index in [1.807, 2.05) is 0 Å². The molecule has 0 amide bonds. The van der Waals surface area contributed by atoms with Crippen molar-refractivity contribution < 1.29 is 0 Å². The van der Waals surface area contributed by atoms with Crippen molar-refractivity contribution in [1.29, 1.82) is 0 Å². The van der Waals surface area contributed by atoms with E-state index in [0.717, 1.165) is 33.9 Å². The number of hydrogen-bond donors (Lipinski definition) is 0. The Bertz CT molecular complexity index is 2890. The van der Waals surface area contributed by atoms with Gasteiger partial charge in [0.05, 0.1) is 16.7 Å². The molecule has 2 nitrogen and oxygen atoms in total. The van der Waals surface area contributed by atoms with Gasteiger partial charge in [0.1, 0.15) is 0 Å². The lowest BCUT2D eigenvalue weighted by Gasteiger charge is -2.28. The van der Waals surface area contributed by atoms with E-state index in [4.69, 9.17) is 0 Å². The minimum Gasteiger partial charge on any atom is -0.310 e. The van der Waals surface area contributed by atoms with Gasteiger partial charge in [-0.1, -0.05) is 176 Å². The Labute approximate surface area is 327 Å². The van der Waals surface area contributed by atoms with Gasteiger partial charge in [-0.15, -0.1) is 0 Å². The lowest BCUT2D eigenvalue weighted by atomic mass is 9.99. The molecule has 10 aromatic rings. The molecule has 264 valence electrons. The second kappa shape index (κ2) is 14.4. The van der Waals surface area contributed by atoms with Crippen LogP contribution in [0.5, 0.6) is 0 Å². The molecule has 1 heterocycles. The van der Waals surface area contributed by atoms with Gasteiger partial charge in [-0.2, -0.15) is 0 Å². The fourth-order valence-electron chi connectivity index (χ4n) is 8.10. The number of rotatable bonds is 8. The summed E-state index contributed by atoms with van der Waals surface area (Å²) in [5.41, 5.74) is 16.3. The summed E-state index contributed by atoms with van der Waals surface area (Å²) in [5, 5.41) is 2.52. The monoisotopic (exact) mass is 714 g/mol. The Hall–Kier alpha value is -7.42. The van der Waals surface area contributed by atoms with Crippen LogP contribution in [0.1, 0.15) is 0 Å². The van der Waals surface area contributed by atoms with Gasteiger partial charge in [0.15, 0.2) is 0 Å². The Morgan fingerprint density at radius 2 is 0.750 bits per heavy atom. The molecule has 9 aromatic carbocycles. The molecule has 0 bridgehead atoms. The number of hydrogen-bond acceptors (Lipinski definition) is 1. The summed E-state index contributed by atoms with van der Waals surface area (Å²) < 4.78 is 2.39. The molecule has 0 N–H and O–H groups in total. The molecule has 0 saturated carbocycles. The molecule has 56 heavy (non-hydrogen) atoms. The molecule has 0 spiro atoms. The Morgan fingerprint density at radius 1 is 0.286 bits per heavy atom. The standard InChI is InChI=1S/C54H38N2/c1-3-15-39(16-4-1)40-29-31-41(32-30-40)42-33-35-46(36-34-42)55(52-26-10-7-23-49(52)43-17-5-2-6-18-43)47-21-13-19-44(37-47)45-20-14-22-48(38-45)56-53-27-11-8-24-50(53)51-25-9-12-28-54(51)56/h1-38H. The largest absolute Gasteiger partial charge is 0.310 e. The minimum absolute atomic E-state index is 1.09. The Kier molecular flexibility index (Phi) is 8.55. The van der Waals surface area contributed by atoms with Crippen LogP contribution >= 0.6 is 0 Å². The SMILES string of the molecule is c1ccc(-c2ccc(-c3ccc(N(c4cccc(-c5cccc(-n6c7ccccc7c7ccccc76)c5)c4)c4ccccc4-c4ccccc4)cc3)cc2)cc1. The van der Waals surface area contributed by atoms with E-state index in [1.165, 1.54) is 55.2 Å². The van der Waals surface area contributed by atoms with Crippen molar-refractivity contribution in [3.63, 3.8) is 0 Å². The molecular weight excluding hydrogens is 677 g/mol. The average Bonchev–Trinajstić information content (AvgIpc) is 3.62. The first-order chi connectivity index (χ1) is 27.8. The van der Waals surface area contributed by atoms with Crippen LogP contribution in [0, 0.1) is 0 Å². The zero-order valence-electron chi connectivity index (χ0n) is 30.8. The lowest BCUT2D eigenvalue weighted by Crippen LogP contribution is -2.11. The average molecular weight is 715 g/mol. The summed E-state index contributed by atoms with van der Waals surface area (Å²) in [6.45, 7) is 0. The van der Waals surface area contributed by atoms with Crippen LogP contribution in [0.25, 0.3) is 72.0 Å². The zero-order valence-corrected chi connectivity index (χ0v) is 30.8. The van der Waals surface area contributed by atoms with E-state index < -0.39 is 0 Å². The van der Waals surface area contributed by atoms with Crippen LogP contribution in [0.2, 0.25) is 0 Å². The summed E-state index contributed by atoms with van der Waals surface area (Å²) in [4.78, 5) is 2.39. The van der Waals surface area contributed by atoms with Crippen molar-refractivity contribution in [2.24, 2.45) is 0 Å². The third kappa shape index (κ3) is 6.14. The minimum atomic E-state index is 1.09. The van der Waals surface area contributed by atoms with Crippen molar-refractivity contribution in [3.05, 3.63) is 231 Å². The normalized spacial score (nSPS) is 11.2. The van der Waals surface area contributed by atoms with E-state index in [2.05, 4.69) is 240 Å². The second-order valence-corrected chi connectivity index (χ2v) is 14.2. The van der Waals surface area contributed by atoms with Crippen molar-refractivity contribution >= 4 is 38.9 Å². The molecule has 0 saturated heterocycles. The Morgan fingerprint density at radius 3 is 1.39 bits per heavy atom. The van der Waals surface area contributed by atoms with Gasteiger partial charge in [0.2, 0.25) is 0 Å². The van der Waals surface area contributed by atoms with E-state index >= 15 is 0 Å². The van der Waals surface area contributed by atoms with Gasteiger partial charge in [-0.3, -0.25) is 0 Å². The second-order valence-electron chi connectivity index (χ2n) is 14.2. The quantitative estimate of drug-likeness (QED) is 0.152. The van der Waals surface area contributed by atoms with E-state index in [0.29, 0.717) is 0 Å². The number of para-hydroxylation sites is 3. The maximum atomic E-state index is 2.39. The molecule has 1 aromatic heterocycles. The van der Waals surface area contributed by atoms with Crippen LogP contribution < -0.4 is 4.90 Å². The van der Waals surface area contributed by atoms with Crippen LogP contribution in [0.3, 0.4) is 0 Å². The highest BCUT2D eigenvalue weighted by Gasteiger charge is 2.18. The molecule has 10 rings (SSSR count). The molecule has 0 unspecified atom stereocenters. The number of anilines is 3. The van der Waals surface area contributed by atoms with Gasteiger partial charge in [-0.05, 0) is 93.5 Å². The molecule has 0 radical (unpaired) electrons. The third-order valence-electron chi connectivity index (χ3n) is 10.8. The fourth-order valence-corrected chi connectivity index (χ4v) is 8.10. The highest BCUT2D eigenvalue weighted by Crippen LogP contribution is 2.43. The van der Waals surface area contributed by atoms with E-state index in [-0.39, 0.29) is 0 Å². The first-order valence-electron chi connectivity index (χ1n) is 19.2. The number of fused-ring (bicyclic) bond motifs is 3. The van der Waals surface area contributed by atoms with Crippen LogP contribution in [-0.2, 0) is 0 Å². The smallest absolute Gasteiger partial charge is 0.0541 e. The number of nitrogens with zero attached hydrogens (tertiary/aromatic N) is 2. The van der Waals surface area contributed by atoms with Crippen molar-refractivity contribution in [2.45, 2.75) is 0 Å². The van der Waals surface area contributed by atoms with Gasteiger partial charge in [0.25, 0.3) is 0 Å². The summed E-state index contributed by atoms with van der Waals surface area (Å²) >= 11 is 0. The molecule has 0 atom stereocenters. The van der Waals surface area contributed by atoms with Gasteiger partial charge >= 0.3 is 0 Å². The van der Waals surface area contributed by atoms with Crippen molar-refractivity contribution in [3.8, 4) is 50.2 Å². The predicted octanol–water partition coefficient (Wildman–Crippen LogP) is 14.9. The number of benzene rings is 9. The van der Waals surface area contributed by atoms with Crippen LogP contribution in [-0.4, -0.2) is 4.57 Å². The molecular formula is C54H38N2. The first kappa shape index (κ1) is 33.2. The van der Waals surface area contributed by atoms with E-state index in [1.54, 1.807) is 0 Å². The topological polar surface area (TPSA) is 8.17 Å². The van der Waals surface area contributed by atoms with Crippen LogP contribution in [0.4, 0.5) is 17.1 Å². The molecule has 2 heteroatoms. The Balaban J connectivity index is 1.07. The van der Waals surface area contributed by atoms with Crippen LogP contribution in [0.15, 0.2) is 231 Å². The van der Waals surface area contributed by atoms with Crippen molar-refractivity contribution in [1.82, 2.24) is 4.57 Å². The van der Waals surface area contributed by atoms with Crippen molar-refractivity contribution in [2.75, 3.05) is 4.90 Å². The van der Waals surface area contributed by atoms with Gasteiger partial charge in [-0.25, -0.2) is 0 Å². The van der Waals surface area contributed by atoms with E-state index in [9.17, 15) is 0 Å². The van der Waals surface area contributed by atoms with Gasteiger partial charge in [0, 0.05) is 33.4 Å². The third-order valence-corrected chi connectivity index (χ3v) is 10.8. The first-order valence-corrected chi connectivity index (χ1v) is 19.2. The molecule has 0 aliphatic carbocycles. The highest BCUT2D eigenvalue weighted by atomic mass is 15.1. The molecule has 0 aliphatic rings. The fraction of sp³-hybridized carbons (Fsp3) is 0. The zero-order chi connectivity index (χ0) is 37.3. The maximum Gasteiger partial charge on any atom is 0.0541 e. The molecule has 0 fully saturated rings. The summed E-state index contributed by atoms with van der Waals surface area (Å²) in [7, 11) is 0. The summed E-state index contributed by atoms with van der Waals surface area (Å²) in [6.07, 6.45) is 0. The molecule has 0 aliphatic heterocycles. The number of aromatic nitrogens is 1. The maximum absolute atomic E-state index is 2.39.